The number of ether oxygens (including phenoxy) is 1. The molecule has 132 valence electrons. The van der Waals surface area contributed by atoms with Crippen molar-refractivity contribution in [2.45, 2.75) is 13.3 Å². The van der Waals surface area contributed by atoms with E-state index in [4.69, 9.17) is 9.15 Å². The van der Waals surface area contributed by atoms with Crippen molar-refractivity contribution in [1.82, 2.24) is 24.8 Å². The molecule has 0 fully saturated rings. The minimum absolute atomic E-state index is 0.178. The monoisotopic (exact) mass is 357 g/mol. The lowest BCUT2D eigenvalue weighted by molar-refractivity contribution is 0.143. The third kappa shape index (κ3) is 2.67. The Morgan fingerprint density at radius 2 is 1.92 bits per heavy atom. The van der Waals surface area contributed by atoms with Crippen molar-refractivity contribution in [1.29, 1.82) is 0 Å². The Hall–Kier alpha value is -3.36. The number of hydrogen-bond donors (Lipinski definition) is 0. The molecule has 0 spiro atoms. The van der Waals surface area contributed by atoms with E-state index in [1.54, 1.807) is 38.3 Å². The minimum atomic E-state index is -2.73. The quantitative estimate of drug-likeness (QED) is 0.554. The van der Waals surface area contributed by atoms with Crippen LogP contribution in [0, 0.1) is 6.92 Å². The summed E-state index contributed by atoms with van der Waals surface area (Å²) in [6.07, 6.45) is -1.34. The van der Waals surface area contributed by atoms with E-state index in [9.17, 15) is 8.78 Å². The molecule has 0 saturated carbocycles. The van der Waals surface area contributed by atoms with Gasteiger partial charge >= 0.3 is 0 Å². The number of hydrogen-bond acceptors (Lipinski definition) is 6. The second kappa shape index (κ2) is 6.17. The molecule has 0 radical (unpaired) electrons. The number of halogens is 2. The van der Waals surface area contributed by atoms with Crippen molar-refractivity contribution in [3.63, 3.8) is 0 Å². The molecular weight excluding hydrogens is 344 g/mol. The van der Waals surface area contributed by atoms with E-state index in [-0.39, 0.29) is 17.2 Å². The Labute approximate surface area is 146 Å². The number of fused-ring (bicyclic) bond motifs is 1. The van der Waals surface area contributed by atoms with Crippen LogP contribution in [0.25, 0.3) is 28.4 Å². The van der Waals surface area contributed by atoms with Gasteiger partial charge in [0.1, 0.15) is 17.0 Å². The molecule has 0 N–H and O–H groups in total. The lowest BCUT2D eigenvalue weighted by Gasteiger charge is -2.08. The van der Waals surface area contributed by atoms with Gasteiger partial charge < -0.3 is 9.15 Å². The topological polar surface area (TPSA) is 78.3 Å². The second-order valence-corrected chi connectivity index (χ2v) is 5.52. The van der Waals surface area contributed by atoms with Gasteiger partial charge in [-0.2, -0.15) is 5.10 Å². The fourth-order valence-electron chi connectivity index (χ4n) is 2.61. The van der Waals surface area contributed by atoms with Crippen LogP contribution in [0.3, 0.4) is 0 Å². The number of methoxy groups -OCH3 is 1. The molecule has 0 aliphatic rings. The third-order valence-electron chi connectivity index (χ3n) is 3.87. The standard InChI is InChI=1S/C17H13F2N5O2/c1-9-22-23-17(26-9)12-8-20-24-14(15(18)19)7-13(21-16(12)24)10-3-5-11(25-2)6-4-10/h3-8,15H,1-2H3. The van der Waals surface area contributed by atoms with Crippen LogP contribution in [-0.4, -0.2) is 31.9 Å². The molecule has 0 amide bonds. The molecule has 26 heavy (non-hydrogen) atoms. The highest BCUT2D eigenvalue weighted by molar-refractivity contribution is 5.74. The number of alkyl halides is 2. The normalized spacial score (nSPS) is 11.4. The maximum atomic E-state index is 13.6. The Kier molecular flexibility index (Phi) is 3.83. The first-order chi connectivity index (χ1) is 12.6. The Balaban J connectivity index is 1.93. The van der Waals surface area contributed by atoms with Gasteiger partial charge in [-0.15, -0.1) is 10.2 Å². The fourth-order valence-corrected chi connectivity index (χ4v) is 2.61. The summed E-state index contributed by atoms with van der Waals surface area (Å²) >= 11 is 0. The van der Waals surface area contributed by atoms with Crippen LogP contribution >= 0.6 is 0 Å². The van der Waals surface area contributed by atoms with E-state index in [1.165, 1.54) is 12.3 Å². The summed E-state index contributed by atoms with van der Waals surface area (Å²) in [4.78, 5) is 4.49. The zero-order valence-electron chi connectivity index (χ0n) is 13.8. The maximum absolute atomic E-state index is 13.6. The summed E-state index contributed by atoms with van der Waals surface area (Å²) in [6.45, 7) is 1.64. The van der Waals surface area contributed by atoms with E-state index in [2.05, 4.69) is 20.3 Å². The number of rotatable bonds is 4. The van der Waals surface area contributed by atoms with E-state index >= 15 is 0 Å². The van der Waals surface area contributed by atoms with Gasteiger partial charge in [0, 0.05) is 12.5 Å². The lowest BCUT2D eigenvalue weighted by atomic mass is 10.1. The zero-order valence-corrected chi connectivity index (χ0v) is 13.8. The van der Waals surface area contributed by atoms with Gasteiger partial charge in [0.15, 0.2) is 5.65 Å². The van der Waals surface area contributed by atoms with E-state index < -0.39 is 6.43 Å². The molecule has 3 aromatic heterocycles. The molecule has 0 atom stereocenters. The van der Waals surface area contributed by atoms with Crippen molar-refractivity contribution < 1.29 is 17.9 Å². The van der Waals surface area contributed by atoms with E-state index in [0.717, 1.165) is 4.52 Å². The number of aromatic nitrogens is 5. The first kappa shape index (κ1) is 16.1. The molecule has 1 aromatic carbocycles. The SMILES string of the molecule is COc1ccc(-c2cc(C(F)F)n3ncc(-c4nnc(C)o4)c3n2)cc1. The van der Waals surface area contributed by atoms with E-state index in [0.29, 0.717) is 28.5 Å². The fraction of sp³-hybridized carbons (Fsp3) is 0.176. The average Bonchev–Trinajstić information content (AvgIpc) is 3.26. The summed E-state index contributed by atoms with van der Waals surface area (Å²) < 4.78 is 38.7. The lowest BCUT2D eigenvalue weighted by Crippen LogP contribution is -2.02. The molecule has 4 aromatic rings. The Morgan fingerprint density at radius 1 is 1.15 bits per heavy atom. The summed E-state index contributed by atoms with van der Waals surface area (Å²) in [6, 6.07) is 8.29. The molecule has 0 saturated heterocycles. The predicted molar refractivity (Wildman–Crippen MR) is 88.0 cm³/mol. The van der Waals surface area contributed by atoms with Crippen LogP contribution in [0.15, 0.2) is 40.9 Å². The van der Waals surface area contributed by atoms with Crippen molar-refractivity contribution in [2.24, 2.45) is 0 Å². The molecule has 0 bridgehead atoms. The van der Waals surface area contributed by atoms with Gasteiger partial charge in [-0.3, -0.25) is 0 Å². The molecule has 0 unspecified atom stereocenters. The van der Waals surface area contributed by atoms with Crippen LogP contribution in [-0.2, 0) is 0 Å². The molecule has 3 heterocycles. The van der Waals surface area contributed by atoms with Crippen LogP contribution < -0.4 is 4.74 Å². The second-order valence-electron chi connectivity index (χ2n) is 5.52. The predicted octanol–water partition coefficient (Wildman–Crippen LogP) is 3.70. The first-order valence-corrected chi connectivity index (χ1v) is 7.68. The Morgan fingerprint density at radius 3 is 2.54 bits per heavy atom. The van der Waals surface area contributed by atoms with Gasteiger partial charge in [-0.05, 0) is 30.3 Å². The molecule has 0 aliphatic carbocycles. The van der Waals surface area contributed by atoms with Gasteiger partial charge in [0.05, 0.1) is 19.0 Å². The average molecular weight is 357 g/mol. The van der Waals surface area contributed by atoms with Crippen molar-refractivity contribution in [3.8, 4) is 28.5 Å². The molecule has 7 nitrogen and oxygen atoms in total. The highest BCUT2D eigenvalue weighted by atomic mass is 19.3. The van der Waals surface area contributed by atoms with Gasteiger partial charge in [-0.25, -0.2) is 18.3 Å². The van der Waals surface area contributed by atoms with Crippen LogP contribution in [0.5, 0.6) is 5.75 Å². The summed E-state index contributed by atoms with van der Waals surface area (Å²) in [5, 5.41) is 11.7. The van der Waals surface area contributed by atoms with Gasteiger partial charge in [-0.1, -0.05) is 0 Å². The van der Waals surface area contributed by atoms with Crippen LogP contribution in [0.1, 0.15) is 18.0 Å². The number of aryl methyl sites for hydroxylation is 1. The summed E-state index contributed by atoms with van der Waals surface area (Å²) in [5.41, 5.74) is 1.39. The highest BCUT2D eigenvalue weighted by Crippen LogP contribution is 2.30. The maximum Gasteiger partial charge on any atom is 0.280 e. The first-order valence-electron chi connectivity index (χ1n) is 7.68. The third-order valence-corrected chi connectivity index (χ3v) is 3.87. The van der Waals surface area contributed by atoms with Crippen molar-refractivity contribution in [3.05, 3.63) is 48.1 Å². The zero-order chi connectivity index (χ0) is 18.3. The Bertz CT molecular complexity index is 1070. The molecule has 0 aliphatic heterocycles. The van der Waals surface area contributed by atoms with Crippen LogP contribution in [0.2, 0.25) is 0 Å². The summed E-state index contributed by atoms with van der Waals surface area (Å²) in [7, 11) is 1.55. The smallest absolute Gasteiger partial charge is 0.280 e. The van der Waals surface area contributed by atoms with Crippen molar-refractivity contribution >= 4 is 5.65 Å². The van der Waals surface area contributed by atoms with E-state index in [1.807, 2.05) is 0 Å². The van der Waals surface area contributed by atoms with Gasteiger partial charge in [0.25, 0.3) is 12.3 Å². The summed E-state index contributed by atoms with van der Waals surface area (Å²) in [5.74, 6) is 1.20. The minimum Gasteiger partial charge on any atom is -0.497 e. The van der Waals surface area contributed by atoms with Crippen molar-refractivity contribution in [2.75, 3.05) is 7.11 Å². The largest absolute Gasteiger partial charge is 0.497 e. The number of benzene rings is 1. The molecular formula is C17H13F2N5O2. The highest BCUT2D eigenvalue weighted by Gasteiger charge is 2.21. The number of nitrogens with zero attached hydrogens (tertiary/aromatic N) is 5. The van der Waals surface area contributed by atoms with Crippen LogP contribution in [0.4, 0.5) is 8.78 Å². The molecule has 9 heteroatoms. The molecule has 4 rings (SSSR count). The van der Waals surface area contributed by atoms with Gasteiger partial charge in [0.2, 0.25) is 5.89 Å².